The molecule has 1 aliphatic carbocycles. The summed E-state index contributed by atoms with van der Waals surface area (Å²) in [6, 6.07) is 1.92. The Labute approximate surface area is 126 Å². The van der Waals surface area contributed by atoms with E-state index in [9.17, 15) is 4.79 Å². The fourth-order valence-electron chi connectivity index (χ4n) is 2.12. The molecule has 2 rings (SSSR count). The molecule has 1 amide bonds. The van der Waals surface area contributed by atoms with E-state index in [0.29, 0.717) is 12.5 Å². The number of carbonyl (C=O) groups excluding carboxylic acids is 1. The molecular weight excluding hydrogens is 266 g/mol. The van der Waals surface area contributed by atoms with E-state index in [-0.39, 0.29) is 5.91 Å². The summed E-state index contributed by atoms with van der Waals surface area (Å²) in [6.07, 6.45) is 3.30. The van der Waals surface area contributed by atoms with Gasteiger partial charge in [0, 0.05) is 39.7 Å². The van der Waals surface area contributed by atoms with E-state index in [1.165, 1.54) is 0 Å². The van der Waals surface area contributed by atoms with Gasteiger partial charge in [-0.25, -0.2) is 9.97 Å². The van der Waals surface area contributed by atoms with Crippen LogP contribution in [0.3, 0.4) is 0 Å². The zero-order chi connectivity index (χ0) is 15.4. The quantitative estimate of drug-likeness (QED) is 0.828. The van der Waals surface area contributed by atoms with Crippen molar-refractivity contribution in [3.05, 3.63) is 11.9 Å². The van der Waals surface area contributed by atoms with Crippen LogP contribution in [0.2, 0.25) is 0 Å². The van der Waals surface area contributed by atoms with Gasteiger partial charge in [0.1, 0.15) is 17.5 Å². The molecule has 1 aromatic rings. The Bertz CT molecular complexity index is 499. The molecule has 0 atom stereocenters. The van der Waals surface area contributed by atoms with Crippen LogP contribution in [-0.2, 0) is 4.79 Å². The first-order valence-corrected chi connectivity index (χ1v) is 7.57. The van der Waals surface area contributed by atoms with E-state index in [4.69, 9.17) is 0 Å². The maximum absolute atomic E-state index is 12.0. The fraction of sp³-hybridized carbons (Fsp3) is 0.667. The number of nitrogens with zero attached hydrogens (tertiary/aromatic N) is 4. The average Bonchev–Trinajstić information content (AvgIpc) is 3.30. The summed E-state index contributed by atoms with van der Waals surface area (Å²) in [7, 11) is 5.42. The van der Waals surface area contributed by atoms with Crippen molar-refractivity contribution in [2.75, 3.05) is 44.4 Å². The van der Waals surface area contributed by atoms with Crippen molar-refractivity contribution in [3.8, 4) is 0 Å². The number of anilines is 2. The smallest absolute Gasteiger partial charge is 0.241 e. The van der Waals surface area contributed by atoms with Crippen molar-refractivity contribution in [3.63, 3.8) is 0 Å². The zero-order valence-electron chi connectivity index (χ0n) is 13.4. The van der Waals surface area contributed by atoms with E-state index in [0.717, 1.165) is 43.3 Å². The molecule has 21 heavy (non-hydrogen) atoms. The van der Waals surface area contributed by atoms with Gasteiger partial charge in [-0.3, -0.25) is 4.79 Å². The number of amides is 1. The van der Waals surface area contributed by atoms with E-state index < -0.39 is 0 Å². The lowest BCUT2D eigenvalue weighted by atomic mass is 10.3. The van der Waals surface area contributed by atoms with Crippen molar-refractivity contribution < 1.29 is 4.79 Å². The van der Waals surface area contributed by atoms with E-state index in [1.807, 2.05) is 18.0 Å². The highest BCUT2D eigenvalue weighted by molar-refractivity contribution is 5.80. The Hall–Kier alpha value is -1.85. The maximum Gasteiger partial charge on any atom is 0.241 e. The molecule has 6 heteroatoms. The highest BCUT2D eigenvalue weighted by Crippen LogP contribution is 2.39. The Morgan fingerprint density at radius 2 is 2.10 bits per heavy atom. The SMILES string of the molecule is CCCN(CC(=O)N(C)C)c1cc(NC)nc(C2CC2)n1. The molecule has 0 unspecified atom stereocenters. The first-order chi connectivity index (χ1) is 10.0. The number of likely N-dealkylation sites (N-methyl/N-ethyl adjacent to an activating group) is 1. The molecule has 1 heterocycles. The van der Waals surface area contributed by atoms with Gasteiger partial charge < -0.3 is 15.1 Å². The number of rotatable bonds is 7. The molecule has 0 spiro atoms. The minimum absolute atomic E-state index is 0.0843. The molecule has 0 radical (unpaired) electrons. The van der Waals surface area contributed by atoms with Crippen LogP contribution in [0, 0.1) is 0 Å². The molecule has 1 N–H and O–H groups in total. The Morgan fingerprint density at radius 1 is 1.38 bits per heavy atom. The lowest BCUT2D eigenvalue weighted by molar-refractivity contribution is -0.127. The molecule has 1 aliphatic rings. The lowest BCUT2D eigenvalue weighted by Gasteiger charge is -2.25. The largest absolute Gasteiger partial charge is 0.373 e. The second kappa shape index (κ2) is 6.74. The van der Waals surface area contributed by atoms with Crippen molar-refractivity contribution in [1.82, 2.24) is 14.9 Å². The number of nitrogens with one attached hydrogen (secondary N) is 1. The van der Waals surface area contributed by atoms with Crippen molar-refractivity contribution in [2.24, 2.45) is 0 Å². The van der Waals surface area contributed by atoms with E-state index >= 15 is 0 Å². The van der Waals surface area contributed by atoms with Crippen molar-refractivity contribution in [2.45, 2.75) is 32.1 Å². The van der Waals surface area contributed by atoms with Crippen LogP contribution in [0.5, 0.6) is 0 Å². The van der Waals surface area contributed by atoms with Gasteiger partial charge in [0.05, 0.1) is 6.54 Å². The summed E-state index contributed by atoms with van der Waals surface area (Å²) in [4.78, 5) is 24.9. The number of aromatic nitrogens is 2. The van der Waals surface area contributed by atoms with Crippen LogP contribution < -0.4 is 10.2 Å². The second-order valence-corrected chi connectivity index (χ2v) is 5.70. The minimum Gasteiger partial charge on any atom is -0.373 e. The van der Waals surface area contributed by atoms with Gasteiger partial charge in [-0.05, 0) is 19.3 Å². The molecule has 1 saturated carbocycles. The van der Waals surface area contributed by atoms with E-state index in [2.05, 4.69) is 22.2 Å². The molecule has 1 fully saturated rings. The Balaban J connectivity index is 2.25. The monoisotopic (exact) mass is 291 g/mol. The molecule has 6 nitrogen and oxygen atoms in total. The zero-order valence-corrected chi connectivity index (χ0v) is 13.4. The van der Waals surface area contributed by atoms with Gasteiger partial charge >= 0.3 is 0 Å². The first kappa shape index (κ1) is 15.5. The third-order valence-corrected chi connectivity index (χ3v) is 3.57. The molecular formula is C15H25N5O. The van der Waals surface area contributed by atoms with Crippen LogP contribution in [-0.4, -0.2) is 55.0 Å². The summed E-state index contributed by atoms with van der Waals surface area (Å²) in [5.74, 6) is 3.13. The van der Waals surface area contributed by atoms with Crippen molar-refractivity contribution in [1.29, 1.82) is 0 Å². The van der Waals surface area contributed by atoms with Gasteiger partial charge in [0.25, 0.3) is 0 Å². The Morgan fingerprint density at radius 3 is 2.62 bits per heavy atom. The summed E-state index contributed by atoms with van der Waals surface area (Å²) >= 11 is 0. The normalized spacial score (nSPS) is 13.9. The summed E-state index contributed by atoms with van der Waals surface area (Å²) in [5.41, 5.74) is 0. The van der Waals surface area contributed by atoms with E-state index in [1.54, 1.807) is 19.0 Å². The number of carbonyl (C=O) groups is 1. The molecule has 116 valence electrons. The maximum atomic E-state index is 12.0. The summed E-state index contributed by atoms with van der Waals surface area (Å²) in [6.45, 7) is 3.27. The molecule has 0 bridgehead atoms. The number of hydrogen-bond acceptors (Lipinski definition) is 5. The van der Waals surface area contributed by atoms with Gasteiger partial charge in [-0.2, -0.15) is 0 Å². The van der Waals surface area contributed by atoms with Crippen LogP contribution in [0.4, 0.5) is 11.6 Å². The second-order valence-electron chi connectivity index (χ2n) is 5.70. The minimum atomic E-state index is 0.0843. The topological polar surface area (TPSA) is 61.4 Å². The van der Waals surface area contributed by atoms with Crippen LogP contribution in [0.1, 0.15) is 37.9 Å². The highest BCUT2D eigenvalue weighted by atomic mass is 16.2. The van der Waals surface area contributed by atoms with Gasteiger partial charge in [0.2, 0.25) is 5.91 Å². The van der Waals surface area contributed by atoms with Gasteiger partial charge in [0.15, 0.2) is 0 Å². The average molecular weight is 291 g/mol. The molecule has 1 aromatic heterocycles. The molecule has 0 saturated heterocycles. The lowest BCUT2D eigenvalue weighted by Crippen LogP contribution is -2.37. The third kappa shape index (κ3) is 4.06. The van der Waals surface area contributed by atoms with Crippen LogP contribution in [0.25, 0.3) is 0 Å². The van der Waals surface area contributed by atoms with Gasteiger partial charge in [-0.1, -0.05) is 6.92 Å². The van der Waals surface area contributed by atoms with Crippen LogP contribution >= 0.6 is 0 Å². The summed E-state index contributed by atoms with van der Waals surface area (Å²) in [5, 5.41) is 3.09. The van der Waals surface area contributed by atoms with Crippen molar-refractivity contribution >= 4 is 17.5 Å². The predicted molar refractivity (Wildman–Crippen MR) is 84.8 cm³/mol. The number of hydrogen-bond donors (Lipinski definition) is 1. The first-order valence-electron chi connectivity index (χ1n) is 7.57. The highest BCUT2D eigenvalue weighted by Gasteiger charge is 2.28. The predicted octanol–water partition coefficient (Wildman–Crippen LogP) is 1.70. The van der Waals surface area contributed by atoms with Crippen LogP contribution in [0.15, 0.2) is 6.07 Å². The fourth-order valence-corrected chi connectivity index (χ4v) is 2.12. The third-order valence-electron chi connectivity index (χ3n) is 3.57. The molecule has 0 aliphatic heterocycles. The Kier molecular flexibility index (Phi) is 4.98. The standard InChI is InChI=1S/C15H25N5O/c1-5-8-20(10-14(21)19(3)4)13-9-12(16-2)17-15(18-13)11-6-7-11/h9,11H,5-8,10H2,1-4H3,(H,16,17,18). The molecule has 0 aromatic carbocycles. The van der Waals surface area contributed by atoms with Gasteiger partial charge in [-0.15, -0.1) is 0 Å². The summed E-state index contributed by atoms with van der Waals surface area (Å²) < 4.78 is 0.